The van der Waals surface area contributed by atoms with E-state index in [0.717, 1.165) is 26.1 Å². The molecule has 0 saturated carbocycles. The Morgan fingerprint density at radius 1 is 1.14 bits per heavy atom. The van der Waals surface area contributed by atoms with Crippen molar-refractivity contribution >= 4 is 6.03 Å². The zero-order valence-corrected chi connectivity index (χ0v) is 9.06. The summed E-state index contributed by atoms with van der Waals surface area (Å²) < 4.78 is 4.86. The van der Waals surface area contributed by atoms with Gasteiger partial charge >= 0.3 is 6.03 Å². The number of urea groups is 1. The smallest absolute Gasteiger partial charge is 0.314 e. The Morgan fingerprint density at radius 3 is 2.50 bits per heavy atom. The average molecular weight is 203 g/mol. The summed E-state index contributed by atoms with van der Waals surface area (Å²) in [6.07, 6.45) is 0.958. The third-order valence-electron chi connectivity index (χ3n) is 1.61. The molecule has 2 amide bonds. The van der Waals surface area contributed by atoms with Crippen LogP contribution in [0.2, 0.25) is 0 Å². The Balaban J connectivity index is 3.07. The van der Waals surface area contributed by atoms with Crippen LogP contribution in [0.3, 0.4) is 0 Å². The van der Waals surface area contributed by atoms with Crippen LogP contribution in [0, 0.1) is 0 Å². The molecule has 5 nitrogen and oxygen atoms in total. The Hall–Kier alpha value is -0.810. The van der Waals surface area contributed by atoms with E-state index in [-0.39, 0.29) is 6.03 Å². The molecule has 0 radical (unpaired) electrons. The van der Waals surface area contributed by atoms with Gasteiger partial charge in [-0.3, -0.25) is 0 Å². The Kier molecular flexibility index (Phi) is 9.68. The lowest BCUT2D eigenvalue weighted by molar-refractivity contribution is 0.199. The van der Waals surface area contributed by atoms with Gasteiger partial charge in [-0.05, 0) is 6.42 Å². The van der Waals surface area contributed by atoms with E-state index in [9.17, 15) is 4.79 Å². The van der Waals surface area contributed by atoms with Gasteiger partial charge in [0, 0.05) is 33.3 Å². The summed E-state index contributed by atoms with van der Waals surface area (Å²) in [6, 6.07) is -0.0969. The molecule has 0 saturated heterocycles. The minimum Gasteiger partial charge on any atom is -0.383 e. The van der Waals surface area contributed by atoms with Gasteiger partial charge < -0.3 is 20.7 Å². The molecule has 0 heterocycles. The molecule has 0 aliphatic heterocycles. The lowest BCUT2D eigenvalue weighted by Crippen LogP contribution is -2.39. The fourth-order valence-corrected chi connectivity index (χ4v) is 0.865. The lowest BCUT2D eigenvalue weighted by atomic mass is 10.5. The molecule has 14 heavy (non-hydrogen) atoms. The van der Waals surface area contributed by atoms with Gasteiger partial charge in [-0.2, -0.15) is 0 Å². The van der Waals surface area contributed by atoms with E-state index in [1.165, 1.54) is 0 Å². The van der Waals surface area contributed by atoms with Gasteiger partial charge in [-0.15, -0.1) is 0 Å². The quantitative estimate of drug-likeness (QED) is 0.484. The largest absolute Gasteiger partial charge is 0.383 e. The van der Waals surface area contributed by atoms with E-state index >= 15 is 0 Å². The maximum atomic E-state index is 11.0. The number of rotatable bonds is 8. The molecule has 0 atom stereocenters. The van der Waals surface area contributed by atoms with Crippen molar-refractivity contribution in [1.82, 2.24) is 16.0 Å². The number of amides is 2. The van der Waals surface area contributed by atoms with Crippen molar-refractivity contribution in [2.24, 2.45) is 0 Å². The third kappa shape index (κ3) is 9.28. The molecule has 0 aromatic rings. The summed E-state index contributed by atoms with van der Waals surface area (Å²) in [7, 11) is 1.66. The minimum atomic E-state index is -0.0969. The van der Waals surface area contributed by atoms with Gasteiger partial charge in [0.05, 0.1) is 6.61 Å². The van der Waals surface area contributed by atoms with Crippen molar-refractivity contribution < 1.29 is 9.53 Å². The van der Waals surface area contributed by atoms with Crippen LogP contribution in [0.1, 0.15) is 13.3 Å². The topological polar surface area (TPSA) is 62.4 Å². The van der Waals surface area contributed by atoms with Gasteiger partial charge in [0.25, 0.3) is 0 Å². The molecule has 84 valence electrons. The monoisotopic (exact) mass is 203 g/mol. The molecule has 3 N–H and O–H groups in total. The minimum absolute atomic E-state index is 0.0969. The van der Waals surface area contributed by atoms with Gasteiger partial charge in [0.1, 0.15) is 0 Å². The predicted molar refractivity (Wildman–Crippen MR) is 56.4 cm³/mol. The molecule has 0 spiro atoms. The summed E-state index contributed by atoms with van der Waals surface area (Å²) in [6.45, 7) is 5.66. The molecule has 0 aromatic heterocycles. The lowest BCUT2D eigenvalue weighted by Gasteiger charge is -2.07. The van der Waals surface area contributed by atoms with Crippen LogP contribution in [0.5, 0.6) is 0 Å². The predicted octanol–water partition coefficient (Wildman–Crippen LogP) is -0.0684. The molecule has 0 unspecified atom stereocenters. The zero-order valence-electron chi connectivity index (χ0n) is 9.06. The van der Waals surface area contributed by atoms with E-state index in [1.807, 2.05) is 6.92 Å². The molecular formula is C9H21N3O2. The first-order valence-corrected chi connectivity index (χ1v) is 5.02. The number of hydrogen-bond donors (Lipinski definition) is 3. The van der Waals surface area contributed by atoms with Crippen LogP contribution in [0.4, 0.5) is 4.79 Å². The van der Waals surface area contributed by atoms with Crippen LogP contribution >= 0.6 is 0 Å². The zero-order chi connectivity index (χ0) is 10.6. The van der Waals surface area contributed by atoms with E-state index in [1.54, 1.807) is 7.11 Å². The molecule has 0 aliphatic carbocycles. The molecular weight excluding hydrogens is 182 g/mol. The summed E-state index contributed by atoms with van der Waals surface area (Å²) in [4.78, 5) is 11.0. The summed E-state index contributed by atoms with van der Waals surface area (Å²) >= 11 is 0. The summed E-state index contributed by atoms with van der Waals surface area (Å²) in [5, 5.41) is 8.60. The molecule has 0 bridgehead atoms. The maximum Gasteiger partial charge on any atom is 0.314 e. The van der Waals surface area contributed by atoms with Crippen molar-refractivity contribution in [3.8, 4) is 0 Å². The van der Waals surface area contributed by atoms with E-state index in [4.69, 9.17) is 4.74 Å². The second-order valence-electron chi connectivity index (χ2n) is 2.93. The van der Waals surface area contributed by atoms with Gasteiger partial charge in [0.2, 0.25) is 0 Å². The molecule has 5 heteroatoms. The SMILES string of the molecule is CCCNC(=O)NCCNCCOC. The Morgan fingerprint density at radius 2 is 1.86 bits per heavy atom. The van der Waals surface area contributed by atoms with Crippen molar-refractivity contribution in [2.75, 3.05) is 39.9 Å². The summed E-state index contributed by atoms with van der Waals surface area (Å²) in [5.74, 6) is 0. The fourth-order valence-electron chi connectivity index (χ4n) is 0.865. The number of carbonyl (C=O) groups is 1. The van der Waals surface area contributed by atoms with Crippen LogP contribution in [0.25, 0.3) is 0 Å². The number of methoxy groups -OCH3 is 1. The van der Waals surface area contributed by atoms with E-state index in [2.05, 4.69) is 16.0 Å². The first kappa shape index (κ1) is 13.2. The molecule has 0 rings (SSSR count). The standard InChI is InChI=1S/C9H21N3O2/c1-3-4-11-9(13)12-6-5-10-7-8-14-2/h10H,3-8H2,1-2H3,(H2,11,12,13). The number of ether oxygens (including phenoxy) is 1. The molecule has 0 fully saturated rings. The molecule has 0 aliphatic rings. The van der Waals surface area contributed by atoms with Crippen LogP contribution in [-0.2, 0) is 4.74 Å². The highest BCUT2D eigenvalue weighted by Crippen LogP contribution is 1.70. The van der Waals surface area contributed by atoms with Gasteiger partial charge in [0.15, 0.2) is 0 Å². The van der Waals surface area contributed by atoms with E-state index < -0.39 is 0 Å². The Bertz CT molecular complexity index is 142. The van der Waals surface area contributed by atoms with Crippen molar-refractivity contribution in [1.29, 1.82) is 0 Å². The second kappa shape index (κ2) is 10.3. The van der Waals surface area contributed by atoms with Gasteiger partial charge in [-0.25, -0.2) is 4.79 Å². The second-order valence-corrected chi connectivity index (χ2v) is 2.93. The van der Waals surface area contributed by atoms with E-state index in [0.29, 0.717) is 13.2 Å². The highest BCUT2D eigenvalue weighted by atomic mass is 16.5. The first-order chi connectivity index (χ1) is 6.81. The first-order valence-electron chi connectivity index (χ1n) is 5.02. The maximum absolute atomic E-state index is 11.0. The van der Waals surface area contributed by atoms with Gasteiger partial charge in [-0.1, -0.05) is 6.92 Å². The normalized spacial score (nSPS) is 9.86. The van der Waals surface area contributed by atoms with Crippen molar-refractivity contribution in [2.45, 2.75) is 13.3 Å². The van der Waals surface area contributed by atoms with Crippen molar-refractivity contribution in [3.05, 3.63) is 0 Å². The van der Waals surface area contributed by atoms with Crippen LogP contribution in [-0.4, -0.2) is 45.9 Å². The van der Waals surface area contributed by atoms with Crippen LogP contribution in [0.15, 0.2) is 0 Å². The number of nitrogens with one attached hydrogen (secondary N) is 3. The van der Waals surface area contributed by atoms with Crippen LogP contribution < -0.4 is 16.0 Å². The number of carbonyl (C=O) groups excluding carboxylic acids is 1. The van der Waals surface area contributed by atoms with Crippen molar-refractivity contribution in [3.63, 3.8) is 0 Å². The molecule has 0 aromatic carbocycles. The average Bonchev–Trinajstić information content (AvgIpc) is 2.20. The fraction of sp³-hybridized carbons (Fsp3) is 0.889. The highest BCUT2D eigenvalue weighted by molar-refractivity contribution is 5.73. The summed E-state index contributed by atoms with van der Waals surface area (Å²) in [5.41, 5.74) is 0. The highest BCUT2D eigenvalue weighted by Gasteiger charge is 1.95. The third-order valence-corrected chi connectivity index (χ3v) is 1.61. The Labute approximate surface area is 85.6 Å². The number of hydrogen-bond acceptors (Lipinski definition) is 3.